The highest BCUT2D eigenvalue weighted by atomic mass is 19.1. The van der Waals surface area contributed by atoms with Crippen molar-refractivity contribution >= 4 is 0 Å². The molecule has 0 aliphatic carbocycles. The van der Waals surface area contributed by atoms with Gasteiger partial charge in [-0.3, -0.25) is 0 Å². The molecule has 1 saturated heterocycles. The fourth-order valence-electron chi connectivity index (χ4n) is 4.12. The van der Waals surface area contributed by atoms with E-state index in [2.05, 4.69) is 31.1 Å². The number of allylic oxidation sites excluding steroid dienone is 1. The third kappa shape index (κ3) is 11.2. The highest BCUT2D eigenvalue weighted by Crippen LogP contribution is 2.23. The molecule has 1 aliphatic rings. The summed E-state index contributed by atoms with van der Waals surface area (Å²) in [6.45, 7) is 14.9. The molecule has 0 radical (unpaired) electrons. The topological polar surface area (TPSA) is 42.5 Å². The Labute approximate surface area is 211 Å². The number of piperidine rings is 1. The predicted molar refractivity (Wildman–Crippen MR) is 142 cm³/mol. The number of hydrogen-bond donors (Lipinski definition) is 2. The third-order valence-corrected chi connectivity index (χ3v) is 5.31. The van der Waals surface area contributed by atoms with Crippen LogP contribution in [0, 0.1) is 11.6 Å². The zero-order chi connectivity index (χ0) is 26.2. The summed E-state index contributed by atoms with van der Waals surface area (Å²) in [7, 11) is 1.66. The number of nitrogens with one attached hydrogen (secondary N) is 2. The summed E-state index contributed by atoms with van der Waals surface area (Å²) in [4.78, 5) is 0. The fraction of sp³-hybridized carbons (Fsp3) is 0.517. The standard InChI is InChI=1S/C24H30F2N2O2.C3H8.C2H6/c1-16(2)28-23(13-17-11-18(25)14-19(26)12-17)24(29-3)22-15-21(9-10-27-22)30-20-7-5-4-6-8-20;1-3-2;1-2/h4-8,11-12,14,21-24,27-28H,1,9-10,13,15H2,2-3H3;3H2,1-2H3;1-2H3. The zero-order valence-corrected chi connectivity index (χ0v) is 22.2. The first-order chi connectivity index (χ1) is 16.9. The van der Waals surface area contributed by atoms with Gasteiger partial charge < -0.3 is 20.1 Å². The SMILES string of the molecule is C=C(C)NC(Cc1cc(F)cc(F)c1)C(OC)C1CC(Oc2ccccc2)CCN1.CC.CCC. The van der Waals surface area contributed by atoms with Gasteiger partial charge in [-0.15, -0.1) is 0 Å². The maximum Gasteiger partial charge on any atom is 0.126 e. The molecule has 4 nitrogen and oxygen atoms in total. The Morgan fingerprint density at radius 2 is 1.71 bits per heavy atom. The van der Waals surface area contributed by atoms with Crippen LogP contribution in [0.25, 0.3) is 0 Å². The minimum absolute atomic E-state index is 0.0210. The van der Waals surface area contributed by atoms with Gasteiger partial charge in [-0.1, -0.05) is 58.9 Å². The lowest BCUT2D eigenvalue weighted by atomic mass is 9.90. The maximum atomic E-state index is 13.7. The molecule has 4 unspecified atom stereocenters. The molecular formula is C29H44F2N2O2. The molecule has 2 aromatic rings. The summed E-state index contributed by atoms with van der Waals surface area (Å²) in [6.07, 6.45) is 3.14. The van der Waals surface area contributed by atoms with Gasteiger partial charge in [-0.25, -0.2) is 8.78 Å². The molecule has 1 fully saturated rings. The van der Waals surface area contributed by atoms with Crippen LogP contribution in [-0.4, -0.2) is 37.9 Å². The van der Waals surface area contributed by atoms with Crippen molar-refractivity contribution in [3.63, 3.8) is 0 Å². The summed E-state index contributed by atoms with van der Waals surface area (Å²) >= 11 is 0. The number of halogens is 2. The van der Waals surface area contributed by atoms with E-state index in [1.807, 2.05) is 51.1 Å². The molecule has 0 aromatic heterocycles. The Hall–Kier alpha value is -2.44. The predicted octanol–water partition coefficient (Wildman–Crippen LogP) is 6.66. The number of benzene rings is 2. The second-order valence-corrected chi connectivity index (χ2v) is 8.56. The third-order valence-electron chi connectivity index (χ3n) is 5.31. The van der Waals surface area contributed by atoms with Crippen molar-refractivity contribution in [1.29, 1.82) is 0 Å². The van der Waals surface area contributed by atoms with E-state index in [1.54, 1.807) is 7.11 Å². The molecule has 35 heavy (non-hydrogen) atoms. The van der Waals surface area contributed by atoms with Crippen LogP contribution in [-0.2, 0) is 11.2 Å². The van der Waals surface area contributed by atoms with Crippen molar-refractivity contribution < 1.29 is 18.3 Å². The normalized spacial score (nSPS) is 18.6. The van der Waals surface area contributed by atoms with E-state index in [1.165, 1.54) is 18.6 Å². The van der Waals surface area contributed by atoms with E-state index in [0.29, 0.717) is 12.0 Å². The van der Waals surface area contributed by atoms with Gasteiger partial charge in [0.25, 0.3) is 0 Å². The fourth-order valence-corrected chi connectivity index (χ4v) is 4.12. The molecule has 4 atom stereocenters. The Morgan fingerprint density at radius 3 is 2.26 bits per heavy atom. The molecule has 6 heteroatoms. The van der Waals surface area contributed by atoms with E-state index in [9.17, 15) is 8.78 Å². The van der Waals surface area contributed by atoms with Gasteiger partial charge in [0.05, 0.1) is 12.1 Å². The smallest absolute Gasteiger partial charge is 0.126 e. The molecule has 3 rings (SSSR count). The van der Waals surface area contributed by atoms with Crippen LogP contribution in [0.15, 0.2) is 60.8 Å². The van der Waals surface area contributed by atoms with Crippen LogP contribution < -0.4 is 15.4 Å². The molecule has 2 aromatic carbocycles. The van der Waals surface area contributed by atoms with Gasteiger partial charge in [-0.05, 0) is 56.1 Å². The molecule has 196 valence electrons. The van der Waals surface area contributed by atoms with Crippen LogP contribution in [0.2, 0.25) is 0 Å². The summed E-state index contributed by atoms with van der Waals surface area (Å²) < 4.78 is 39.4. The lowest BCUT2D eigenvalue weighted by Crippen LogP contribution is -2.56. The summed E-state index contributed by atoms with van der Waals surface area (Å²) in [5, 5.41) is 6.86. The molecule has 1 heterocycles. The number of para-hydroxylation sites is 1. The average molecular weight is 491 g/mol. The largest absolute Gasteiger partial charge is 0.490 e. The van der Waals surface area contributed by atoms with Gasteiger partial charge in [-0.2, -0.15) is 0 Å². The molecule has 0 spiro atoms. The van der Waals surface area contributed by atoms with Crippen molar-refractivity contribution in [2.75, 3.05) is 13.7 Å². The summed E-state index contributed by atoms with van der Waals surface area (Å²) in [5.74, 6) is -0.315. The van der Waals surface area contributed by atoms with Crippen molar-refractivity contribution in [3.05, 3.63) is 78.0 Å². The first-order valence-corrected chi connectivity index (χ1v) is 12.7. The molecule has 2 N–H and O–H groups in total. The van der Waals surface area contributed by atoms with Gasteiger partial charge >= 0.3 is 0 Å². The van der Waals surface area contributed by atoms with Crippen LogP contribution >= 0.6 is 0 Å². The van der Waals surface area contributed by atoms with E-state index in [-0.39, 0.29) is 24.3 Å². The first-order valence-electron chi connectivity index (χ1n) is 12.7. The second-order valence-electron chi connectivity index (χ2n) is 8.56. The maximum absolute atomic E-state index is 13.7. The lowest BCUT2D eigenvalue weighted by Gasteiger charge is -2.39. The van der Waals surface area contributed by atoms with E-state index in [0.717, 1.165) is 36.9 Å². The lowest BCUT2D eigenvalue weighted by molar-refractivity contribution is 0.0121. The quantitative estimate of drug-likeness (QED) is 0.413. The second kappa shape index (κ2) is 17.1. The molecule has 0 saturated carbocycles. The van der Waals surface area contributed by atoms with Gasteiger partial charge in [0, 0.05) is 31.3 Å². The Balaban J connectivity index is 0.00000114. The Morgan fingerprint density at radius 1 is 1.11 bits per heavy atom. The average Bonchev–Trinajstić information content (AvgIpc) is 2.81. The van der Waals surface area contributed by atoms with Crippen LogP contribution in [0.1, 0.15) is 59.4 Å². The zero-order valence-electron chi connectivity index (χ0n) is 22.2. The van der Waals surface area contributed by atoms with Gasteiger partial charge in [0.2, 0.25) is 0 Å². The first kappa shape index (κ1) is 30.6. The molecule has 0 amide bonds. The van der Waals surface area contributed by atoms with Crippen molar-refractivity contribution in [2.24, 2.45) is 0 Å². The van der Waals surface area contributed by atoms with Crippen molar-refractivity contribution in [3.8, 4) is 5.75 Å². The molecular weight excluding hydrogens is 446 g/mol. The van der Waals surface area contributed by atoms with Crippen LogP contribution in [0.5, 0.6) is 5.75 Å². The Bertz CT molecular complexity index is 828. The van der Waals surface area contributed by atoms with E-state index >= 15 is 0 Å². The molecule has 1 aliphatic heterocycles. The highest BCUT2D eigenvalue weighted by Gasteiger charge is 2.34. The summed E-state index contributed by atoms with van der Waals surface area (Å²) in [6, 6.07) is 13.2. The Kier molecular flexibility index (Phi) is 14.9. The van der Waals surface area contributed by atoms with E-state index in [4.69, 9.17) is 9.47 Å². The molecule has 0 bridgehead atoms. The number of methoxy groups -OCH3 is 1. The number of rotatable bonds is 9. The van der Waals surface area contributed by atoms with Gasteiger partial charge in [0.15, 0.2) is 0 Å². The number of ether oxygens (including phenoxy) is 2. The minimum atomic E-state index is -0.583. The summed E-state index contributed by atoms with van der Waals surface area (Å²) in [5.41, 5.74) is 1.34. The highest BCUT2D eigenvalue weighted by molar-refractivity contribution is 5.22. The minimum Gasteiger partial charge on any atom is -0.490 e. The van der Waals surface area contributed by atoms with Crippen molar-refractivity contribution in [2.45, 2.75) is 84.6 Å². The van der Waals surface area contributed by atoms with Crippen LogP contribution in [0.3, 0.4) is 0 Å². The van der Waals surface area contributed by atoms with Gasteiger partial charge in [0.1, 0.15) is 23.5 Å². The van der Waals surface area contributed by atoms with E-state index < -0.39 is 11.6 Å². The van der Waals surface area contributed by atoms with Crippen LogP contribution in [0.4, 0.5) is 8.78 Å². The van der Waals surface area contributed by atoms with Crippen molar-refractivity contribution in [1.82, 2.24) is 10.6 Å². The monoisotopic (exact) mass is 490 g/mol. The number of hydrogen-bond acceptors (Lipinski definition) is 4.